The van der Waals surface area contributed by atoms with Gasteiger partial charge in [-0.25, -0.2) is 4.68 Å². The third-order valence-electron chi connectivity index (χ3n) is 4.48. The smallest absolute Gasteiger partial charge is 0.384 e. The number of rotatable bonds is 7. The second-order valence-electron chi connectivity index (χ2n) is 7.11. The van der Waals surface area contributed by atoms with Crippen molar-refractivity contribution in [2.75, 3.05) is 12.3 Å². The lowest BCUT2D eigenvalue weighted by Gasteiger charge is -2.15. The number of benzene rings is 1. The van der Waals surface area contributed by atoms with Gasteiger partial charge < -0.3 is 11.1 Å². The number of halogens is 3. The molecule has 0 spiro atoms. The molecule has 0 bridgehead atoms. The van der Waals surface area contributed by atoms with Crippen molar-refractivity contribution in [3.8, 4) is 5.69 Å². The highest BCUT2D eigenvalue weighted by atomic mass is 19.4. The quantitative estimate of drug-likeness (QED) is 0.572. The third kappa shape index (κ3) is 4.64. The number of nitrogen functional groups attached to an aromatic ring is 1. The van der Waals surface area contributed by atoms with E-state index in [9.17, 15) is 18.0 Å². The van der Waals surface area contributed by atoms with Crippen molar-refractivity contribution in [3.63, 3.8) is 0 Å². The number of nitrogens with zero attached hydrogens (tertiary/aromatic N) is 4. The van der Waals surface area contributed by atoms with Gasteiger partial charge in [-0.1, -0.05) is 18.2 Å². The minimum atomic E-state index is -4.67. The molecule has 0 aliphatic carbocycles. The Morgan fingerprint density at radius 2 is 1.93 bits per heavy atom. The Morgan fingerprint density at radius 3 is 2.57 bits per heavy atom. The van der Waals surface area contributed by atoms with Gasteiger partial charge in [-0.2, -0.15) is 23.4 Å². The average molecular weight is 420 g/mol. The van der Waals surface area contributed by atoms with E-state index in [2.05, 4.69) is 15.5 Å². The standard InChI is InChI=1S/C20H23F3N6O/c1-13(2)28-18(20(21,22)23)16(12-26-28)19(30)25-10-6-7-14-11-17(24)29(27-14)15-8-4-3-5-9-15/h3-5,8-9,11-13H,6-7,10,24H2,1-2H3,(H,25,30). The first-order chi connectivity index (χ1) is 14.2. The molecule has 3 N–H and O–H groups in total. The molecule has 0 atom stereocenters. The fourth-order valence-corrected chi connectivity index (χ4v) is 3.11. The van der Waals surface area contributed by atoms with Crippen LogP contribution in [-0.2, 0) is 12.6 Å². The summed E-state index contributed by atoms with van der Waals surface area (Å²) in [6.07, 6.45) is -2.70. The van der Waals surface area contributed by atoms with Crippen molar-refractivity contribution >= 4 is 11.7 Å². The van der Waals surface area contributed by atoms with E-state index in [-0.39, 0.29) is 6.54 Å². The van der Waals surface area contributed by atoms with E-state index in [0.717, 1.165) is 22.3 Å². The van der Waals surface area contributed by atoms with E-state index in [4.69, 9.17) is 5.73 Å². The number of nitrogens with two attached hydrogens (primary N) is 1. The number of anilines is 1. The first kappa shape index (κ1) is 21.4. The normalized spacial score (nSPS) is 11.8. The molecule has 10 heteroatoms. The minimum Gasteiger partial charge on any atom is -0.384 e. The number of aryl methyl sites for hydroxylation is 1. The molecular formula is C20H23F3N6O. The van der Waals surface area contributed by atoms with Crippen LogP contribution < -0.4 is 11.1 Å². The first-order valence-electron chi connectivity index (χ1n) is 9.51. The van der Waals surface area contributed by atoms with Gasteiger partial charge in [-0.05, 0) is 38.8 Å². The highest BCUT2D eigenvalue weighted by Gasteiger charge is 2.40. The number of hydrogen-bond donors (Lipinski definition) is 2. The Hall–Kier alpha value is -3.30. The summed E-state index contributed by atoms with van der Waals surface area (Å²) in [5, 5.41) is 10.7. The first-order valence-corrected chi connectivity index (χ1v) is 9.51. The van der Waals surface area contributed by atoms with Gasteiger partial charge in [0.2, 0.25) is 0 Å². The molecule has 7 nitrogen and oxygen atoms in total. The summed E-state index contributed by atoms with van der Waals surface area (Å²) >= 11 is 0. The predicted molar refractivity (Wildman–Crippen MR) is 106 cm³/mol. The van der Waals surface area contributed by atoms with E-state index >= 15 is 0 Å². The molecule has 0 saturated carbocycles. The summed E-state index contributed by atoms with van der Waals surface area (Å²) < 4.78 is 42.6. The van der Waals surface area contributed by atoms with Gasteiger partial charge in [0.1, 0.15) is 5.82 Å². The maximum Gasteiger partial charge on any atom is 0.433 e. The maximum absolute atomic E-state index is 13.4. The number of aromatic nitrogens is 4. The lowest BCUT2D eigenvalue weighted by Crippen LogP contribution is -2.28. The lowest BCUT2D eigenvalue weighted by atomic mass is 10.2. The Labute approximate surface area is 171 Å². The Balaban J connectivity index is 1.60. The molecule has 0 unspecified atom stereocenters. The molecule has 0 aliphatic heterocycles. The molecule has 0 radical (unpaired) electrons. The molecule has 160 valence electrons. The van der Waals surface area contributed by atoms with Gasteiger partial charge in [0, 0.05) is 18.7 Å². The fourth-order valence-electron chi connectivity index (χ4n) is 3.11. The Morgan fingerprint density at radius 1 is 1.23 bits per heavy atom. The maximum atomic E-state index is 13.4. The van der Waals surface area contributed by atoms with Crippen LogP contribution >= 0.6 is 0 Å². The van der Waals surface area contributed by atoms with Crippen molar-refractivity contribution < 1.29 is 18.0 Å². The SMILES string of the molecule is CC(C)n1ncc(C(=O)NCCCc2cc(N)n(-c3ccccc3)n2)c1C(F)(F)F. The molecule has 0 aliphatic rings. The largest absolute Gasteiger partial charge is 0.433 e. The van der Waals surface area contributed by atoms with Gasteiger partial charge in [-0.15, -0.1) is 0 Å². The number of carbonyl (C=O) groups excluding carboxylic acids is 1. The molecule has 2 aromatic heterocycles. The van der Waals surface area contributed by atoms with Gasteiger partial charge >= 0.3 is 6.18 Å². The van der Waals surface area contributed by atoms with E-state index in [1.807, 2.05) is 30.3 Å². The van der Waals surface area contributed by atoms with Crippen LogP contribution in [0, 0.1) is 0 Å². The molecule has 3 rings (SSSR count). The fraction of sp³-hybridized carbons (Fsp3) is 0.350. The van der Waals surface area contributed by atoms with Gasteiger partial charge in [-0.3, -0.25) is 9.48 Å². The lowest BCUT2D eigenvalue weighted by molar-refractivity contribution is -0.145. The van der Waals surface area contributed by atoms with Crippen LogP contribution in [0.15, 0.2) is 42.6 Å². The molecule has 1 amide bonds. The molecule has 30 heavy (non-hydrogen) atoms. The highest BCUT2D eigenvalue weighted by Crippen LogP contribution is 2.33. The summed E-state index contributed by atoms with van der Waals surface area (Å²) in [5.41, 5.74) is 6.05. The van der Waals surface area contributed by atoms with E-state index < -0.39 is 29.4 Å². The highest BCUT2D eigenvalue weighted by molar-refractivity contribution is 5.95. The number of carbonyl (C=O) groups is 1. The summed E-state index contributed by atoms with van der Waals surface area (Å²) in [4.78, 5) is 12.3. The zero-order valence-corrected chi connectivity index (χ0v) is 16.6. The Kier molecular flexibility index (Phi) is 6.14. The van der Waals surface area contributed by atoms with Crippen molar-refractivity contribution in [2.24, 2.45) is 0 Å². The second-order valence-corrected chi connectivity index (χ2v) is 7.11. The zero-order valence-electron chi connectivity index (χ0n) is 16.6. The molecule has 0 saturated heterocycles. The monoisotopic (exact) mass is 420 g/mol. The topological polar surface area (TPSA) is 90.8 Å². The van der Waals surface area contributed by atoms with Crippen molar-refractivity contribution in [1.29, 1.82) is 0 Å². The summed E-state index contributed by atoms with van der Waals surface area (Å²) in [5.74, 6) is -0.320. The van der Waals surface area contributed by atoms with Gasteiger partial charge in [0.25, 0.3) is 5.91 Å². The van der Waals surface area contributed by atoms with Crippen molar-refractivity contribution in [1.82, 2.24) is 24.9 Å². The number of para-hydroxylation sites is 1. The predicted octanol–water partition coefficient (Wildman–Crippen LogP) is 3.61. The van der Waals surface area contributed by atoms with Crippen LogP contribution in [0.3, 0.4) is 0 Å². The average Bonchev–Trinajstić information content (AvgIpc) is 3.30. The second kappa shape index (κ2) is 8.60. The van der Waals surface area contributed by atoms with Crippen LogP contribution in [-0.4, -0.2) is 32.0 Å². The van der Waals surface area contributed by atoms with Crippen LogP contribution in [0.25, 0.3) is 5.69 Å². The van der Waals surface area contributed by atoms with Crippen molar-refractivity contribution in [3.05, 3.63) is 59.5 Å². The van der Waals surface area contributed by atoms with Gasteiger partial charge in [0.15, 0.2) is 5.69 Å². The van der Waals surface area contributed by atoms with Crippen molar-refractivity contribution in [2.45, 2.75) is 38.9 Å². The van der Waals surface area contributed by atoms with Gasteiger partial charge in [0.05, 0.1) is 23.1 Å². The summed E-state index contributed by atoms with van der Waals surface area (Å²) in [7, 11) is 0. The van der Waals surface area contributed by atoms with E-state index in [1.165, 1.54) is 0 Å². The summed E-state index contributed by atoms with van der Waals surface area (Å²) in [6, 6.07) is 10.6. The van der Waals surface area contributed by atoms with Crippen LogP contribution in [0.4, 0.5) is 19.0 Å². The molecular weight excluding hydrogens is 397 g/mol. The van der Waals surface area contributed by atoms with Crippen LogP contribution in [0.2, 0.25) is 0 Å². The van der Waals surface area contributed by atoms with Crippen LogP contribution in [0.5, 0.6) is 0 Å². The number of alkyl halides is 3. The van der Waals surface area contributed by atoms with E-state index in [0.29, 0.717) is 18.7 Å². The van der Waals surface area contributed by atoms with Crippen LogP contribution in [0.1, 0.15) is 48.1 Å². The zero-order chi connectivity index (χ0) is 21.9. The number of nitrogens with one attached hydrogen (secondary N) is 1. The molecule has 0 fully saturated rings. The Bertz CT molecular complexity index is 1010. The van der Waals surface area contributed by atoms with E-state index in [1.54, 1.807) is 24.6 Å². The minimum absolute atomic E-state index is 0.196. The molecule has 3 aromatic rings. The number of hydrogen-bond acceptors (Lipinski definition) is 4. The summed E-state index contributed by atoms with van der Waals surface area (Å²) in [6.45, 7) is 3.34. The molecule has 1 aromatic carbocycles. The molecule has 2 heterocycles. The third-order valence-corrected chi connectivity index (χ3v) is 4.48. The number of amides is 1.